The first kappa shape index (κ1) is 16.1. The van der Waals surface area contributed by atoms with Crippen LogP contribution in [0.2, 0.25) is 0 Å². The summed E-state index contributed by atoms with van der Waals surface area (Å²) < 4.78 is 2.23. The molecule has 0 aliphatic carbocycles. The maximum absolute atomic E-state index is 12.9. The molecule has 0 aliphatic heterocycles. The van der Waals surface area contributed by atoms with Crippen molar-refractivity contribution in [1.29, 1.82) is 0 Å². The number of fused-ring (bicyclic) bond motifs is 5. The molecule has 0 fully saturated rings. The van der Waals surface area contributed by atoms with Crippen molar-refractivity contribution in [3.8, 4) is 0 Å². The number of aromatic nitrogens is 2. The second kappa shape index (κ2) is 6.48. The Morgan fingerprint density at radius 1 is 1.04 bits per heavy atom. The number of aromatic amines is 1. The summed E-state index contributed by atoms with van der Waals surface area (Å²) in [6.07, 6.45) is 2.05. The van der Waals surface area contributed by atoms with Crippen LogP contribution in [0.5, 0.6) is 0 Å². The van der Waals surface area contributed by atoms with Crippen LogP contribution < -0.4 is 10.5 Å². The Bertz CT molecular complexity index is 1110. The standard InChI is InChI=1S/C20H21N3OS/c1-3-11-23(12-4-2)20-21-15-10-9-14-13-7-5-6-8-16(13)25-18(14)17(15)19(24)22-20/h5-10H,3-4,11-12H2,1-2H3,(H,21,22,24). The van der Waals surface area contributed by atoms with Crippen LogP contribution in [0.1, 0.15) is 26.7 Å². The van der Waals surface area contributed by atoms with Gasteiger partial charge in [0.05, 0.1) is 15.6 Å². The van der Waals surface area contributed by atoms with Gasteiger partial charge in [0.25, 0.3) is 5.56 Å². The summed E-state index contributed by atoms with van der Waals surface area (Å²) in [6.45, 7) is 6.08. The molecule has 0 unspecified atom stereocenters. The monoisotopic (exact) mass is 351 g/mol. The molecule has 2 aromatic carbocycles. The van der Waals surface area contributed by atoms with Crippen molar-refractivity contribution in [1.82, 2.24) is 9.97 Å². The van der Waals surface area contributed by atoms with Crippen molar-refractivity contribution in [2.45, 2.75) is 26.7 Å². The Hall–Kier alpha value is -2.40. The summed E-state index contributed by atoms with van der Waals surface area (Å²) in [5, 5.41) is 3.04. The van der Waals surface area contributed by atoms with E-state index in [-0.39, 0.29) is 5.56 Å². The average Bonchev–Trinajstić information content (AvgIpc) is 2.99. The SMILES string of the molecule is CCCN(CCC)c1nc2ccc3c4ccccc4sc3c2c(=O)[nH]1. The van der Waals surface area contributed by atoms with Crippen molar-refractivity contribution in [3.05, 3.63) is 46.8 Å². The van der Waals surface area contributed by atoms with Crippen LogP contribution in [0.25, 0.3) is 31.1 Å². The van der Waals surface area contributed by atoms with E-state index in [9.17, 15) is 4.79 Å². The number of hydrogen-bond donors (Lipinski definition) is 1. The van der Waals surface area contributed by atoms with Gasteiger partial charge in [0.15, 0.2) is 0 Å². The van der Waals surface area contributed by atoms with Gasteiger partial charge in [-0.1, -0.05) is 38.1 Å². The summed E-state index contributed by atoms with van der Waals surface area (Å²) in [4.78, 5) is 22.8. The molecule has 0 spiro atoms. The molecule has 25 heavy (non-hydrogen) atoms. The predicted molar refractivity (Wildman–Crippen MR) is 108 cm³/mol. The lowest BCUT2D eigenvalue weighted by molar-refractivity contribution is 0.722. The number of H-pyrrole nitrogens is 1. The Morgan fingerprint density at radius 3 is 2.56 bits per heavy atom. The summed E-state index contributed by atoms with van der Waals surface area (Å²) in [5.41, 5.74) is 0.726. The first-order valence-corrected chi connectivity index (χ1v) is 9.63. The molecule has 0 radical (unpaired) electrons. The van der Waals surface area contributed by atoms with E-state index < -0.39 is 0 Å². The zero-order valence-corrected chi connectivity index (χ0v) is 15.3. The minimum absolute atomic E-state index is 0.0469. The van der Waals surface area contributed by atoms with Crippen LogP contribution in [0.4, 0.5) is 5.95 Å². The van der Waals surface area contributed by atoms with Crippen molar-refractivity contribution in [2.24, 2.45) is 0 Å². The highest BCUT2D eigenvalue weighted by Gasteiger charge is 2.14. The molecule has 0 aliphatic rings. The number of nitrogens with one attached hydrogen (secondary N) is 1. The van der Waals surface area contributed by atoms with E-state index in [1.54, 1.807) is 11.3 Å². The fraction of sp³-hybridized carbons (Fsp3) is 0.300. The number of hydrogen-bond acceptors (Lipinski definition) is 4. The van der Waals surface area contributed by atoms with E-state index in [0.29, 0.717) is 11.3 Å². The summed E-state index contributed by atoms with van der Waals surface area (Å²) in [6, 6.07) is 12.4. The largest absolute Gasteiger partial charge is 0.342 e. The van der Waals surface area contributed by atoms with Crippen molar-refractivity contribution >= 4 is 48.4 Å². The van der Waals surface area contributed by atoms with E-state index in [2.05, 4.69) is 41.9 Å². The second-order valence-electron chi connectivity index (χ2n) is 6.31. The third-order valence-corrected chi connectivity index (χ3v) is 5.69. The van der Waals surface area contributed by atoms with Gasteiger partial charge >= 0.3 is 0 Å². The first-order chi connectivity index (χ1) is 12.2. The van der Waals surface area contributed by atoms with Crippen LogP contribution in [0.15, 0.2) is 41.2 Å². The third-order valence-electron chi connectivity index (χ3n) is 4.49. The van der Waals surface area contributed by atoms with Gasteiger partial charge in [0, 0.05) is 28.6 Å². The molecule has 2 heterocycles. The molecule has 1 N–H and O–H groups in total. The number of rotatable bonds is 5. The number of anilines is 1. The zero-order valence-electron chi connectivity index (χ0n) is 14.5. The number of benzene rings is 2. The minimum Gasteiger partial charge on any atom is -0.342 e. The van der Waals surface area contributed by atoms with Crippen LogP contribution in [-0.2, 0) is 0 Å². The maximum atomic E-state index is 12.9. The smallest absolute Gasteiger partial charge is 0.261 e. The first-order valence-electron chi connectivity index (χ1n) is 8.82. The van der Waals surface area contributed by atoms with Gasteiger partial charge < -0.3 is 4.90 Å². The quantitative estimate of drug-likeness (QED) is 0.555. The molecule has 5 heteroatoms. The van der Waals surface area contributed by atoms with Gasteiger partial charge in [-0.2, -0.15) is 0 Å². The van der Waals surface area contributed by atoms with Gasteiger partial charge in [-0.15, -0.1) is 11.3 Å². The van der Waals surface area contributed by atoms with Crippen molar-refractivity contribution in [3.63, 3.8) is 0 Å². The average molecular weight is 351 g/mol. The van der Waals surface area contributed by atoms with E-state index in [4.69, 9.17) is 4.98 Å². The summed E-state index contributed by atoms with van der Waals surface area (Å²) in [7, 11) is 0. The Labute approximate surface area is 150 Å². The highest BCUT2D eigenvalue weighted by Crippen LogP contribution is 2.36. The lowest BCUT2D eigenvalue weighted by atomic mass is 10.1. The van der Waals surface area contributed by atoms with Crippen LogP contribution in [0, 0.1) is 0 Å². The van der Waals surface area contributed by atoms with Gasteiger partial charge in [-0.25, -0.2) is 4.98 Å². The highest BCUT2D eigenvalue weighted by molar-refractivity contribution is 7.26. The Balaban J connectivity index is 1.97. The van der Waals surface area contributed by atoms with Gasteiger partial charge in [0.2, 0.25) is 5.95 Å². The third kappa shape index (κ3) is 2.68. The molecular weight excluding hydrogens is 330 g/mol. The topological polar surface area (TPSA) is 49.0 Å². The zero-order chi connectivity index (χ0) is 17.4. The van der Waals surface area contributed by atoms with Crippen molar-refractivity contribution < 1.29 is 0 Å². The second-order valence-corrected chi connectivity index (χ2v) is 7.36. The van der Waals surface area contributed by atoms with Crippen LogP contribution >= 0.6 is 11.3 Å². The van der Waals surface area contributed by atoms with Crippen LogP contribution in [-0.4, -0.2) is 23.1 Å². The van der Waals surface area contributed by atoms with Gasteiger partial charge in [-0.3, -0.25) is 9.78 Å². The molecule has 4 nitrogen and oxygen atoms in total. The lowest BCUT2D eigenvalue weighted by Crippen LogP contribution is -2.29. The van der Waals surface area contributed by atoms with E-state index in [1.807, 2.05) is 18.2 Å². The lowest BCUT2D eigenvalue weighted by Gasteiger charge is -2.22. The summed E-state index contributed by atoms with van der Waals surface area (Å²) >= 11 is 1.67. The van der Waals surface area contributed by atoms with Crippen LogP contribution in [0.3, 0.4) is 0 Å². The predicted octanol–water partition coefficient (Wildman–Crippen LogP) is 4.92. The minimum atomic E-state index is -0.0469. The molecule has 0 amide bonds. The molecule has 4 rings (SSSR count). The molecule has 2 aromatic heterocycles. The molecule has 0 bridgehead atoms. The normalized spacial score (nSPS) is 11.6. The fourth-order valence-electron chi connectivity index (χ4n) is 3.41. The molecule has 4 aromatic rings. The maximum Gasteiger partial charge on any atom is 0.261 e. The fourth-order valence-corrected chi connectivity index (χ4v) is 4.65. The molecule has 0 saturated carbocycles. The number of thiophene rings is 1. The van der Waals surface area contributed by atoms with E-state index in [0.717, 1.165) is 41.5 Å². The van der Waals surface area contributed by atoms with Crippen molar-refractivity contribution in [2.75, 3.05) is 18.0 Å². The highest BCUT2D eigenvalue weighted by atomic mass is 32.1. The molecular formula is C20H21N3OS. The van der Waals surface area contributed by atoms with E-state index in [1.165, 1.54) is 10.1 Å². The van der Waals surface area contributed by atoms with Gasteiger partial charge in [-0.05, 0) is 25.0 Å². The molecule has 0 atom stereocenters. The van der Waals surface area contributed by atoms with Gasteiger partial charge in [0.1, 0.15) is 0 Å². The Kier molecular flexibility index (Phi) is 4.17. The summed E-state index contributed by atoms with van der Waals surface area (Å²) in [5.74, 6) is 0.682. The molecule has 128 valence electrons. The number of nitrogens with zero attached hydrogens (tertiary/aromatic N) is 2. The van der Waals surface area contributed by atoms with E-state index >= 15 is 0 Å². The molecule has 0 saturated heterocycles. The Morgan fingerprint density at radius 2 is 1.80 bits per heavy atom.